The smallest absolute Gasteiger partial charge is 0.135 e. The third kappa shape index (κ3) is 3.00. The number of hydrogen-bond acceptors (Lipinski definition) is 6. The summed E-state index contributed by atoms with van der Waals surface area (Å²) in [6.07, 6.45) is 0. The zero-order chi connectivity index (χ0) is 21.7. The van der Waals surface area contributed by atoms with E-state index >= 15 is 0 Å². The van der Waals surface area contributed by atoms with Gasteiger partial charge < -0.3 is 10.2 Å². The first-order chi connectivity index (χ1) is 15.0. The molecule has 0 unspecified atom stereocenters. The van der Waals surface area contributed by atoms with Gasteiger partial charge in [0.15, 0.2) is 0 Å². The van der Waals surface area contributed by atoms with Crippen LogP contribution in [0.15, 0.2) is 85.9 Å². The summed E-state index contributed by atoms with van der Waals surface area (Å²) in [7, 11) is 0. The molecule has 3 heterocycles. The average molecular weight is 463 g/mol. The summed E-state index contributed by atoms with van der Waals surface area (Å²) in [5.41, 5.74) is 8.59. The van der Waals surface area contributed by atoms with Crippen LogP contribution in [0.4, 0.5) is 5.69 Å². The summed E-state index contributed by atoms with van der Waals surface area (Å²) in [5, 5.41) is 21.7. The van der Waals surface area contributed by atoms with Crippen molar-refractivity contribution in [2.75, 3.05) is 4.90 Å². The maximum absolute atomic E-state index is 10.1. The maximum atomic E-state index is 10.1. The number of halogens is 2. The van der Waals surface area contributed by atoms with Gasteiger partial charge in [0.05, 0.1) is 39.9 Å². The normalized spacial score (nSPS) is 17.3. The number of nitrogens with zero attached hydrogens (tertiary/aromatic N) is 3. The predicted octanol–water partition coefficient (Wildman–Crippen LogP) is 6.39. The van der Waals surface area contributed by atoms with Crippen molar-refractivity contribution in [1.82, 2.24) is 0 Å². The molecule has 2 aliphatic heterocycles. The van der Waals surface area contributed by atoms with E-state index in [1.165, 1.54) is 11.8 Å². The van der Waals surface area contributed by atoms with Crippen LogP contribution in [0, 0.1) is 22.7 Å². The Kier molecular flexibility index (Phi) is 4.72. The van der Waals surface area contributed by atoms with Gasteiger partial charge in [0.1, 0.15) is 22.4 Å². The molecule has 2 aromatic carbocycles. The SMILES string of the molecule is N#CC1=C(N)N2C(=C(C#N)[C@@H]1c1ccc(-c3cc(Cl)ccc3Cl)o1)Sc1ccccc12. The molecule has 0 fully saturated rings. The highest BCUT2D eigenvalue weighted by Gasteiger charge is 2.41. The lowest BCUT2D eigenvalue weighted by Gasteiger charge is -2.30. The molecule has 5 nitrogen and oxygen atoms in total. The molecule has 5 rings (SSSR count). The monoisotopic (exact) mass is 462 g/mol. The molecule has 31 heavy (non-hydrogen) atoms. The van der Waals surface area contributed by atoms with E-state index < -0.39 is 5.92 Å². The number of nitrogens with two attached hydrogens (primary N) is 1. The minimum Gasteiger partial charge on any atom is -0.460 e. The highest BCUT2D eigenvalue weighted by molar-refractivity contribution is 8.03. The lowest BCUT2D eigenvalue weighted by molar-refractivity contribution is 0.513. The molecule has 3 aromatic rings. The Morgan fingerprint density at radius 3 is 2.55 bits per heavy atom. The van der Waals surface area contributed by atoms with E-state index in [9.17, 15) is 10.5 Å². The van der Waals surface area contributed by atoms with Crippen LogP contribution in [0.2, 0.25) is 10.0 Å². The lowest BCUT2D eigenvalue weighted by atomic mass is 9.87. The van der Waals surface area contributed by atoms with Crippen molar-refractivity contribution in [3.05, 3.63) is 92.4 Å². The summed E-state index contributed by atoms with van der Waals surface area (Å²) in [6, 6.07) is 20.7. The van der Waals surface area contributed by atoms with Crippen molar-refractivity contribution in [2.24, 2.45) is 5.73 Å². The van der Waals surface area contributed by atoms with Crippen molar-refractivity contribution < 1.29 is 4.42 Å². The Labute approximate surface area is 192 Å². The quantitative estimate of drug-likeness (QED) is 0.474. The second kappa shape index (κ2) is 7.44. The minimum atomic E-state index is -0.713. The number of nitriles is 2. The topological polar surface area (TPSA) is 90.0 Å². The van der Waals surface area contributed by atoms with Gasteiger partial charge in [-0.25, -0.2) is 0 Å². The third-order valence-electron chi connectivity index (χ3n) is 5.19. The first kappa shape index (κ1) is 19.7. The van der Waals surface area contributed by atoms with E-state index in [1.54, 1.807) is 35.2 Å². The minimum absolute atomic E-state index is 0.260. The van der Waals surface area contributed by atoms with Crippen LogP contribution in [-0.4, -0.2) is 0 Å². The zero-order valence-corrected chi connectivity index (χ0v) is 18.1. The van der Waals surface area contributed by atoms with Crippen molar-refractivity contribution in [1.29, 1.82) is 10.5 Å². The van der Waals surface area contributed by atoms with Gasteiger partial charge in [-0.15, -0.1) is 0 Å². The van der Waals surface area contributed by atoms with Crippen LogP contribution in [0.25, 0.3) is 11.3 Å². The van der Waals surface area contributed by atoms with Crippen molar-refractivity contribution in [3.8, 4) is 23.5 Å². The Bertz CT molecular complexity index is 1390. The van der Waals surface area contributed by atoms with Crippen molar-refractivity contribution in [2.45, 2.75) is 10.8 Å². The molecule has 150 valence electrons. The maximum Gasteiger partial charge on any atom is 0.135 e. The number of fused-ring (bicyclic) bond motifs is 3. The van der Waals surface area contributed by atoms with Crippen LogP contribution in [0.5, 0.6) is 0 Å². The number of rotatable bonds is 2. The first-order valence-corrected chi connectivity index (χ1v) is 10.8. The van der Waals surface area contributed by atoms with Gasteiger partial charge in [-0.3, -0.25) is 4.90 Å². The van der Waals surface area contributed by atoms with Gasteiger partial charge in [0.2, 0.25) is 0 Å². The molecule has 0 aliphatic carbocycles. The number of anilines is 1. The molecule has 0 amide bonds. The number of allylic oxidation sites excluding steroid dienone is 2. The molecule has 0 saturated heterocycles. The van der Waals surface area contributed by atoms with Gasteiger partial charge >= 0.3 is 0 Å². The third-order valence-corrected chi connectivity index (χ3v) is 6.91. The van der Waals surface area contributed by atoms with E-state index in [2.05, 4.69) is 12.1 Å². The second-order valence-corrected chi connectivity index (χ2v) is 8.78. The molecule has 0 spiro atoms. The standard InChI is InChI=1S/C23H12Cl2N4OS/c24-12-5-6-16(25)13(9-12)18-7-8-19(30-18)21-14(10-26)22(28)29-17-3-1-2-4-20(17)31-23(29)15(21)11-27/h1-9,21H,28H2/t21-/m1/s1. The number of para-hydroxylation sites is 1. The van der Waals surface area contributed by atoms with Gasteiger partial charge in [-0.2, -0.15) is 10.5 Å². The number of thioether (sulfide) groups is 1. The summed E-state index contributed by atoms with van der Waals surface area (Å²) in [4.78, 5) is 2.74. The number of benzene rings is 2. The average Bonchev–Trinajstić information content (AvgIpc) is 3.40. The Hall–Kier alpha value is -3.29. The first-order valence-electron chi connectivity index (χ1n) is 9.19. The molecule has 8 heteroatoms. The largest absolute Gasteiger partial charge is 0.460 e. The molecular formula is C23H12Cl2N4OS. The van der Waals surface area contributed by atoms with Crippen LogP contribution in [-0.2, 0) is 0 Å². The lowest BCUT2D eigenvalue weighted by Crippen LogP contribution is -2.32. The predicted molar refractivity (Wildman–Crippen MR) is 121 cm³/mol. The summed E-state index contributed by atoms with van der Waals surface area (Å²) in [6.45, 7) is 0. The molecule has 2 aliphatic rings. The van der Waals surface area contributed by atoms with Gasteiger partial charge in [0, 0.05) is 15.5 Å². The van der Waals surface area contributed by atoms with E-state index in [0.717, 1.165) is 10.6 Å². The van der Waals surface area contributed by atoms with Gasteiger partial charge in [-0.05, 0) is 42.5 Å². The van der Waals surface area contributed by atoms with Gasteiger partial charge in [0.25, 0.3) is 0 Å². The summed E-state index contributed by atoms with van der Waals surface area (Å²) >= 11 is 13.9. The second-order valence-electron chi connectivity index (χ2n) is 6.91. The fraction of sp³-hybridized carbons (Fsp3) is 0.0435. The van der Waals surface area contributed by atoms with E-state index in [-0.39, 0.29) is 11.4 Å². The van der Waals surface area contributed by atoms with Crippen molar-refractivity contribution >= 4 is 40.7 Å². The van der Waals surface area contributed by atoms with Crippen LogP contribution < -0.4 is 10.6 Å². The van der Waals surface area contributed by atoms with E-state index in [0.29, 0.717) is 37.7 Å². The Morgan fingerprint density at radius 2 is 1.77 bits per heavy atom. The van der Waals surface area contributed by atoms with Crippen LogP contribution >= 0.6 is 35.0 Å². The molecular weight excluding hydrogens is 451 g/mol. The van der Waals surface area contributed by atoms with E-state index in [1.807, 2.05) is 24.3 Å². The summed E-state index contributed by atoms with van der Waals surface area (Å²) in [5.74, 6) is 0.503. The molecule has 2 N–H and O–H groups in total. The number of hydrogen-bond donors (Lipinski definition) is 1. The Balaban J connectivity index is 1.66. The van der Waals surface area contributed by atoms with Crippen molar-refractivity contribution in [3.63, 3.8) is 0 Å². The van der Waals surface area contributed by atoms with E-state index in [4.69, 9.17) is 33.4 Å². The highest BCUT2D eigenvalue weighted by atomic mass is 35.5. The molecule has 0 saturated carbocycles. The highest BCUT2D eigenvalue weighted by Crippen LogP contribution is 2.54. The molecule has 0 radical (unpaired) electrons. The van der Waals surface area contributed by atoms with Gasteiger partial charge in [-0.1, -0.05) is 47.1 Å². The summed E-state index contributed by atoms with van der Waals surface area (Å²) < 4.78 is 6.09. The number of furan rings is 1. The zero-order valence-electron chi connectivity index (χ0n) is 15.8. The molecule has 1 atom stereocenters. The van der Waals surface area contributed by atoms with Crippen LogP contribution in [0.3, 0.4) is 0 Å². The fourth-order valence-corrected chi connectivity index (χ4v) is 5.36. The molecule has 1 aromatic heterocycles. The Morgan fingerprint density at radius 1 is 1.00 bits per heavy atom. The fourth-order valence-electron chi connectivity index (χ4n) is 3.80. The molecule has 0 bridgehead atoms. The van der Waals surface area contributed by atoms with Crippen LogP contribution in [0.1, 0.15) is 11.7 Å².